The quantitative estimate of drug-likeness (QED) is 0.892. The molecule has 0 unspecified atom stereocenters. The minimum Gasteiger partial charge on any atom is -0.496 e. The number of hydrogen-bond donors (Lipinski definition) is 1. The Hall–Kier alpha value is -1.87. The Labute approximate surface area is 124 Å². The molecule has 1 N–H and O–H groups in total. The summed E-state index contributed by atoms with van der Waals surface area (Å²) in [4.78, 5) is 0. The summed E-state index contributed by atoms with van der Waals surface area (Å²) in [5, 5.41) is 4.06. The molecule has 0 amide bonds. The van der Waals surface area contributed by atoms with Gasteiger partial charge in [-0.3, -0.25) is 0 Å². The van der Waals surface area contributed by atoms with E-state index in [4.69, 9.17) is 21.1 Å². The van der Waals surface area contributed by atoms with E-state index in [-0.39, 0.29) is 0 Å². The Kier molecular flexibility index (Phi) is 4.74. The molecular weight excluding hydrogens is 274 g/mol. The lowest BCUT2D eigenvalue weighted by Gasteiger charge is -2.12. The zero-order valence-electron chi connectivity index (χ0n) is 11.9. The van der Waals surface area contributed by atoms with Gasteiger partial charge in [0.15, 0.2) is 0 Å². The van der Waals surface area contributed by atoms with Crippen LogP contribution >= 0.6 is 11.6 Å². The van der Waals surface area contributed by atoms with Gasteiger partial charge < -0.3 is 14.8 Å². The summed E-state index contributed by atoms with van der Waals surface area (Å²) in [5.74, 6) is 1.71. The molecule has 106 valence electrons. The molecule has 0 aliphatic heterocycles. The summed E-state index contributed by atoms with van der Waals surface area (Å²) in [6, 6.07) is 11.6. The number of rotatable bonds is 5. The highest BCUT2D eigenvalue weighted by molar-refractivity contribution is 6.30. The van der Waals surface area contributed by atoms with Gasteiger partial charge in [-0.15, -0.1) is 0 Å². The van der Waals surface area contributed by atoms with E-state index in [1.807, 2.05) is 37.3 Å². The zero-order chi connectivity index (χ0) is 14.5. The predicted octanol–water partition coefficient (Wildman–Crippen LogP) is 4.28. The fraction of sp³-hybridized carbons (Fsp3) is 0.250. The Bertz CT molecular complexity index is 599. The van der Waals surface area contributed by atoms with Crippen LogP contribution in [-0.2, 0) is 6.54 Å². The lowest BCUT2D eigenvalue weighted by Crippen LogP contribution is -2.02. The number of benzene rings is 2. The number of ether oxygens (including phenoxy) is 2. The van der Waals surface area contributed by atoms with E-state index in [0.717, 1.165) is 28.3 Å². The van der Waals surface area contributed by atoms with Crippen molar-refractivity contribution >= 4 is 17.3 Å². The largest absolute Gasteiger partial charge is 0.496 e. The molecule has 2 aromatic rings. The second-order valence-electron chi connectivity index (χ2n) is 4.49. The first-order valence-electron chi connectivity index (χ1n) is 6.35. The highest BCUT2D eigenvalue weighted by atomic mass is 35.5. The summed E-state index contributed by atoms with van der Waals surface area (Å²) in [6.07, 6.45) is 0. The lowest BCUT2D eigenvalue weighted by atomic mass is 10.1. The summed E-state index contributed by atoms with van der Waals surface area (Å²) < 4.78 is 10.6. The van der Waals surface area contributed by atoms with Crippen molar-refractivity contribution in [3.05, 3.63) is 52.5 Å². The number of hydrogen-bond acceptors (Lipinski definition) is 3. The molecule has 0 bridgehead atoms. The Morgan fingerprint density at radius 2 is 1.70 bits per heavy atom. The van der Waals surface area contributed by atoms with Gasteiger partial charge in [0.05, 0.1) is 14.2 Å². The van der Waals surface area contributed by atoms with Gasteiger partial charge in [-0.05, 0) is 48.9 Å². The van der Waals surface area contributed by atoms with Crippen LogP contribution in [0.15, 0.2) is 36.4 Å². The molecule has 0 spiro atoms. The molecule has 3 nitrogen and oxygen atoms in total. The van der Waals surface area contributed by atoms with Crippen LogP contribution in [0.1, 0.15) is 11.1 Å². The maximum Gasteiger partial charge on any atom is 0.123 e. The van der Waals surface area contributed by atoms with Gasteiger partial charge in [0, 0.05) is 22.8 Å². The standard InChI is InChI=1S/C16H18ClNO2/c1-11-8-14(5-7-15(11)19-2)18-10-12-9-13(17)4-6-16(12)20-3/h4-9,18H,10H2,1-3H3. The van der Waals surface area contributed by atoms with Gasteiger partial charge in [0.2, 0.25) is 0 Å². The third-order valence-electron chi connectivity index (χ3n) is 3.12. The molecule has 0 aromatic heterocycles. The van der Waals surface area contributed by atoms with E-state index in [1.54, 1.807) is 14.2 Å². The first-order valence-corrected chi connectivity index (χ1v) is 6.72. The summed E-state index contributed by atoms with van der Waals surface area (Å²) in [7, 11) is 3.33. The summed E-state index contributed by atoms with van der Waals surface area (Å²) in [5.41, 5.74) is 3.15. The molecule has 4 heteroatoms. The molecular formula is C16H18ClNO2. The van der Waals surface area contributed by atoms with Crippen LogP contribution in [0.5, 0.6) is 11.5 Å². The first-order chi connectivity index (χ1) is 9.63. The first kappa shape index (κ1) is 14.5. The van der Waals surface area contributed by atoms with Gasteiger partial charge in [-0.1, -0.05) is 11.6 Å². The molecule has 0 saturated heterocycles. The average Bonchev–Trinajstić information content (AvgIpc) is 2.45. The Morgan fingerprint density at radius 1 is 1.00 bits per heavy atom. The van der Waals surface area contributed by atoms with Crippen molar-refractivity contribution in [3.8, 4) is 11.5 Å². The average molecular weight is 292 g/mol. The molecule has 0 radical (unpaired) electrons. The maximum atomic E-state index is 6.02. The van der Waals surface area contributed by atoms with Gasteiger partial charge >= 0.3 is 0 Å². The maximum absolute atomic E-state index is 6.02. The van der Waals surface area contributed by atoms with Gasteiger partial charge in [0.1, 0.15) is 11.5 Å². The topological polar surface area (TPSA) is 30.5 Å². The highest BCUT2D eigenvalue weighted by Crippen LogP contribution is 2.25. The van der Waals surface area contributed by atoms with Crippen LogP contribution in [-0.4, -0.2) is 14.2 Å². The third-order valence-corrected chi connectivity index (χ3v) is 3.36. The van der Waals surface area contributed by atoms with Crippen molar-refractivity contribution in [1.82, 2.24) is 0 Å². The van der Waals surface area contributed by atoms with Crippen molar-refractivity contribution in [1.29, 1.82) is 0 Å². The van der Waals surface area contributed by atoms with Crippen LogP contribution in [0.25, 0.3) is 0 Å². The SMILES string of the molecule is COc1ccc(NCc2cc(Cl)ccc2OC)cc1C. The number of methoxy groups -OCH3 is 2. The smallest absolute Gasteiger partial charge is 0.123 e. The summed E-state index contributed by atoms with van der Waals surface area (Å²) in [6.45, 7) is 2.67. The Balaban J connectivity index is 2.12. The second kappa shape index (κ2) is 6.53. The van der Waals surface area contributed by atoms with Gasteiger partial charge in [0.25, 0.3) is 0 Å². The molecule has 0 heterocycles. The molecule has 0 atom stereocenters. The minimum atomic E-state index is 0.648. The van der Waals surface area contributed by atoms with E-state index >= 15 is 0 Å². The molecule has 2 rings (SSSR count). The molecule has 2 aromatic carbocycles. The van der Waals surface area contributed by atoms with Crippen molar-refractivity contribution in [3.63, 3.8) is 0 Å². The van der Waals surface area contributed by atoms with Crippen molar-refractivity contribution in [2.75, 3.05) is 19.5 Å². The summed E-state index contributed by atoms with van der Waals surface area (Å²) >= 11 is 6.02. The van der Waals surface area contributed by atoms with Crippen molar-refractivity contribution in [2.24, 2.45) is 0 Å². The fourth-order valence-corrected chi connectivity index (χ4v) is 2.27. The van der Waals surface area contributed by atoms with Gasteiger partial charge in [-0.25, -0.2) is 0 Å². The lowest BCUT2D eigenvalue weighted by molar-refractivity contribution is 0.410. The highest BCUT2D eigenvalue weighted by Gasteiger charge is 2.05. The normalized spacial score (nSPS) is 10.2. The Morgan fingerprint density at radius 3 is 2.35 bits per heavy atom. The second-order valence-corrected chi connectivity index (χ2v) is 4.93. The van der Waals surface area contributed by atoms with Crippen LogP contribution < -0.4 is 14.8 Å². The van der Waals surface area contributed by atoms with Crippen LogP contribution in [0.4, 0.5) is 5.69 Å². The van der Waals surface area contributed by atoms with Crippen molar-refractivity contribution in [2.45, 2.75) is 13.5 Å². The van der Waals surface area contributed by atoms with E-state index in [0.29, 0.717) is 11.6 Å². The number of halogens is 1. The molecule has 0 aliphatic carbocycles. The fourth-order valence-electron chi connectivity index (χ4n) is 2.07. The van der Waals surface area contributed by atoms with Crippen LogP contribution in [0.2, 0.25) is 5.02 Å². The molecule has 0 fully saturated rings. The predicted molar refractivity (Wildman–Crippen MR) is 83.1 cm³/mol. The van der Waals surface area contributed by atoms with Crippen molar-refractivity contribution < 1.29 is 9.47 Å². The third kappa shape index (κ3) is 3.36. The number of nitrogens with one attached hydrogen (secondary N) is 1. The van der Waals surface area contributed by atoms with Crippen LogP contribution in [0.3, 0.4) is 0 Å². The minimum absolute atomic E-state index is 0.648. The molecule has 0 saturated carbocycles. The number of anilines is 1. The van der Waals surface area contributed by atoms with Crippen LogP contribution in [0, 0.1) is 6.92 Å². The van der Waals surface area contributed by atoms with E-state index in [2.05, 4.69) is 11.4 Å². The van der Waals surface area contributed by atoms with E-state index in [9.17, 15) is 0 Å². The molecule has 20 heavy (non-hydrogen) atoms. The van der Waals surface area contributed by atoms with E-state index in [1.165, 1.54) is 0 Å². The van der Waals surface area contributed by atoms with E-state index < -0.39 is 0 Å². The van der Waals surface area contributed by atoms with Gasteiger partial charge in [-0.2, -0.15) is 0 Å². The monoisotopic (exact) mass is 291 g/mol. The molecule has 0 aliphatic rings. The number of aryl methyl sites for hydroxylation is 1. The zero-order valence-corrected chi connectivity index (χ0v) is 12.6.